The number of nitrogen functional groups attached to an aromatic ring is 1. The van der Waals surface area contributed by atoms with Crippen LogP contribution >= 0.6 is 0 Å². The van der Waals surface area contributed by atoms with Gasteiger partial charge in [0, 0.05) is 17.7 Å². The molecule has 2 rings (SSSR count). The topological polar surface area (TPSA) is 73.6 Å². The van der Waals surface area contributed by atoms with Crippen molar-refractivity contribution in [2.24, 2.45) is 0 Å². The van der Waals surface area contributed by atoms with Gasteiger partial charge in [-0.05, 0) is 24.3 Å². The van der Waals surface area contributed by atoms with Crippen LogP contribution in [0.15, 0.2) is 42.5 Å². The number of benzene rings is 2. The average molecular weight is 286 g/mol. The normalized spacial score (nSPS) is 10.0. The number of nitrogens with one attached hydrogen (secondary N) is 1. The smallest absolute Gasteiger partial charge is 0.251 e. The molecule has 0 aliphatic rings. The van der Waals surface area contributed by atoms with Gasteiger partial charge in [0.05, 0.1) is 19.9 Å². The van der Waals surface area contributed by atoms with Gasteiger partial charge >= 0.3 is 0 Å². The lowest BCUT2D eigenvalue weighted by Gasteiger charge is -2.10. The van der Waals surface area contributed by atoms with Crippen LogP contribution in [0.4, 0.5) is 5.69 Å². The van der Waals surface area contributed by atoms with Crippen molar-refractivity contribution in [3.05, 3.63) is 53.6 Å². The van der Waals surface area contributed by atoms with Gasteiger partial charge in [0.2, 0.25) is 0 Å². The van der Waals surface area contributed by atoms with E-state index in [4.69, 9.17) is 15.2 Å². The number of hydrogen-bond acceptors (Lipinski definition) is 4. The fourth-order valence-electron chi connectivity index (χ4n) is 2.00. The first kappa shape index (κ1) is 14.7. The van der Waals surface area contributed by atoms with E-state index in [0.717, 1.165) is 11.3 Å². The van der Waals surface area contributed by atoms with Crippen LogP contribution in [0.2, 0.25) is 0 Å². The second kappa shape index (κ2) is 6.65. The highest BCUT2D eigenvalue weighted by Gasteiger charge is 2.09. The molecule has 0 heterocycles. The molecule has 0 spiro atoms. The van der Waals surface area contributed by atoms with Crippen molar-refractivity contribution in [3.8, 4) is 11.5 Å². The second-order valence-electron chi connectivity index (χ2n) is 4.45. The number of rotatable bonds is 5. The third-order valence-corrected chi connectivity index (χ3v) is 3.12. The molecule has 0 fully saturated rings. The molecule has 2 aromatic rings. The summed E-state index contributed by atoms with van der Waals surface area (Å²) in [5.74, 6) is 1.10. The molecule has 0 saturated carbocycles. The Morgan fingerprint density at radius 3 is 2.48 bits per heavy atom. The minimum atomic E-state index is -0.199. The van der Waals surface area contributed by atoms with Crippen LogP contribution in [0, 0.1) is 0 Å². The summed E-state index contributed by atoms with van der Waals surface area (Å²) in [6.07, 6.45) is 0. The first-order valence-electron chi connectivity index (χ1n) is 6.49. The van der Waals surface area contributed by atoms with Crippen molar-refractivity contribution < 1.29 is 14.3 Å². The van der Waals surface area contributed by atoms with Crippen molar-refractivity contribution in [1.29, 1.82) is 0 Å². The van der Waals surface area contributed by atoms with Crippen LogP contribution in [-0.2, 0) is 6.54 Å². The van der Waals surface area contributed by atoms with Gasteiger partial charge in [-0.3, -0.25) is 4.79 Å². The van der Waals surface area contributed by atoms with Gasteiger partial charge in [-0.25, -0.2) is 0 Å². The number of anilines is 1. The molecule has 0 unspecified atom stereocenters. The number of para-hydroxylation sites is 1. The van der Waals surface area contributed by atoms with Gasteiger partial charge in [-0.1, -0.05) is 18.2 Å². The largest absolute Gasteiger partial charge is 0.496 e. The van der Waals surface area contributed by atoms with E-state index in [1.165, 1.54) is 7.11 Å². The summed E-state index contributed by atoms with van der Waals surface area (Å²) in [6, 6.07) is 12.5. The molecule has 0 aliphatic carbocycles. The Hall–Kier alpha value is -2.69. The molecular formula is C16H18N2O3. The number of hydrogen-bond donors (Lipinski definition) is 2. The van der Waals surface area contributed by atoms with Crippen LogP contribution in [0.1, 0.15) is 15.9 Å². The van der Waals surface area contributed by atoms with E-state index in [-0.39, 0.29) is 5.91 Å². The zero-order valence-corrected chi connectivity index (χ0v) is 12.1. The monoisotopic (exact) mass is 286 g/mol. The lowest BCUT2D eigenvalue weighted by molar-refractivity contribution is 0.0950. The fraction of sp³-hybridized carbons (Fsp3) is 0.188. The zero-order chi connectivity index (χ0) is 15.2. The van der Waals surface area contributed by atoms with E-state index in [9.17, 15) is 4.79 Å². The SMILES string of the molecule is COc1ccc(C(=O)NCc2ccccc2OC)cc1N. The molecule has 3 N–H and O–H groups in total. The van der Waals surface area contributed by atoms with Crippen LogP contribution in [0.3, 0.4) is 0 Å². The standard InChI is InChI=1S/C16H18N2O3/c1-20-14-6-4-3-5-12(14)10-18-16(19)11-7-8-15(21-2)13(17)9-11/h3-9H,10,17H2,1-2H3,(H,18,19). The van der Waals surface area contributed by atoms with Crippen LogP contribution in [-0.4, -0.2) is 20.1 Å². The summed E-state index contributed by atoms with van der Waals surface area (Å²) in [4.78, 5) is 12.1. The number of methoxy groups -OCH3 is 2. The first-order valence-corrected chi connectivity index (χ1v) is 6.49. The predicted molar refractivity (Wildman–Crippen MR) is 81.6 cm³/mol. The van der Waals surface area contributed by atoms with Crippen molar-refractivity contribution in [2.75, 3.05) is 20.0 Å². The minimum absolute atomic E-state index is 0.199. The van der Waals surface area contributed by atoms with Crippen molar-refractivity contribution in [1.82, 2.24) is 5.32 Å². The lowest BCUT2D eigenvalue weighted by atomic mass is 10.1. The highest BCUT2D eigenvalue weighted by atomic mass is 16.5. The van der Waals surface area contributed by atoms with E-state index >= 15 is 0 Å². The molecule has 0 saturated heterocycles. The predicted octanol–water partition coefficient (Wildman–Crippen LogP) is 2.22. The Balaban J connectivity index is 2.06. The highest BCUT2D eigenvalue weighted by Crippen LogP contribution is 2.22. The summed E-state index contributed by atoms with van der Waals surface area (Å²) in [6.45, 7) is 0.384. The average Bonchev–Trinajstić information content (AvgIpc) is 2.52. The maximum absolute atomic E-state index is 12.1. The fourth-order valence-corrected chi connectivity index (χ4v) is 2.00. The summed E-state index contributed by atoms with van der Waals surface area (Å²) in [5.41, 5.74) is 7.63. The van der Waals surface area contributed by atoms with Gasteiger partial charge in [-0.15, -0.1) is 0 Å². The number of amides is 1. The lowest BCUT2D eigenvalue weighted by Crippen LogP contribution is -2.23. The molecule has 21 heavy (non-hydrogen) atoms. The van der Waals surface area contributed by atoms with Gasteiger partial charge < -0.3 is 20.5 Å². The molecule has 1 amide bonds. The Morgan fingerprint density at radius 2 is 1.81 bits per heavy atom. The van der Waals surface area contributed by atoms with E-state index in [2.05, 4.69) is 5.32 Å². The van der Waals surface area contributed by atoms with Gasteiger partial charge in [0.15, 0.2) is 0 Å². The van der Waals surface area contributed by atoms with E-state index in [0.29, 0.717) is 23.5 Å². The Morgan fingerprint density at radius 1 is 1.10 bits per heavy atom. The van der Waals surface area contributed by atoms with Crippen molar-refractivity contribution in [3.63, 3.8) is 0 Å². The van der Waals surface area contributed by atoms with E-state index < -0.39 is 0 Å². The number of nitrogens with two attached hydrogens (primary N) is 1. The molecular weight excluding hydrogens is 268 g/mol. The number of ether oxygens (including phenoxy) is 2. The van der Waals surface area contributed by atoms with Crippen LogP contribution in [0.5, 0.6) is 11.5 Å². The summed E-state index contributed by atoms with van der Waals surface area (Å²) >= 11 is 0. The van der Waals surface area contributed by atoms with Crippen LogP contribution in [0.25, 0.3) is 0 Å². The third-order valence-electron chi connectivity index (χ3n) is 3.12. The zero-order valence-electron chi connectivity index (χ0n) is 12.1. The van der Waals surface area contributed by atoms with Gasteiger partial charge in [-0.2, -0.15) is 0 Å². The Bertz CT molecular complexity index is 641. The molecule has 0 atom stereocenters. The molecule has 0 radical (unpaired) electrons. The second-order valence-corrected chi connectivity index (χ2v) is 4.45. The molecule has 0 aliphatic heterocycles. The molecule has 5 nitrogen and oxygen atoms in total. The van der Waals surface area contributed by atoms with Crippen LogP contribution < -0.4 is 20.5 Å². The maximum atomic E-state index is 12.1. The summed E-state index contributed by atoms with van der Waals surface area (Å²) in [7, 11) is 3.14. The Kier molecular flexibility index (Phi) is 4.66. The molecule has 0 bridgehead atoms. The number of carbonyl (C=O) groups is 1. The molecule has 2 aromatic carbocycles. The van der Waals surface area contributed by atoms with E-state index in [1.807, 2.05) is 24.3 Å². The van der Waals surface area contributed by atoms with Gasteiger partial charge in [0.25, 0.3) is 5.91 Å². The van der Waals surface area contributed by atoms with Gasteiger partial charge in [0.1, 0.15) is 11.5 Å². The minimum Gasteiger partial charge on any atom is -0.496 e. The highest BCUT2D eigenvalue weighted by molar-refractivity contribution is 5.95. The van der Waals surface area contributed by atoms with Crippen molar-refractivity contribution in [2.45, 2.75) is 6.54 Å². The molecule has 110 valence electrons. The van der Waals surface area contributed by atoms with E-state index in [1.54, 1.807) is 25.3 Å². The summed E-state index contributed by atoms with van der Waals surface area (Å²) < 4.78 is 10.3. The summed E-state index contributed by atoms with van der Waals surface area (Å²) in [5, 5.41) is 2.84. The molecule has 0 aromatic heterocycles. The first-order chi connectivity index (χ1) is 10.2. The number of carbonyl (C=O) groups excluding carboxylic acids is 1. The van der Waals surface area contributed by atoms with Crippen molar-refractivity contribution >= 4 is 11.6 Å². The quantitative estimate of drug-likeness (QED) is 0.827. The molecule has 5 heteroatoms. The maximum Gasteiger partial charge on any atom is 0.251 e. The third kappa shape index (κ3) is 3.45. The Labute approximate surface area is 123 Å².